The quantitative estimate of drug-likeness (QED) is 0.853. The lowest BCUT2D eigenvalue weighted by Gasteiger charge is -2.25. The minimum absolute atomic E-state index is 0.239. The van der Waals surface area contributed by atoms with Crippen molar-refractivity contribution >= 4 is 0 Å². The van der Waals surface area contributed by atoms with Gasteiger partial charge in [-0.3, -0.25) is 0 Å². The van der Waals surface area contributed by atoms with Crippen LogP contribution >= 0.6 is 0 Å². The fraction of sp³-hybridized carbons (Fsp3) is 0.647. The summed E-state index contributed by atoms with van der Waals surface area (Å²) in [6.07, 6.45) is 4.98. The number of benzene rings is 1. The summed E-state index contributed by atoms with van der Waals surface area (Å²) >= 11 is 0. The van der Waals surface area contributed by atoms with Gasteiger partial charge >= 0.3 is 0 Å². The second-order valence-electron chi connectivity index (χ2n) is 5.54. The van der Waals surface area contributed by atoms with Crippen LogP contribution in [0.4, 0.5) is 0 Å². The number of rotatable bonds is 5. The normalized spacial score (nSPS) is 20.7. The zero-order chi connectivity index (χ0) is 13.8. The van der Waals surface area contributed by atoms with Gasteiger partial charge in [0.2, 0.25) is 0 Å². The lowest BCUT2D eigenvalue weighted by Crippen LogP contribution is -2.30. The summed E-state index contributed by atoms with van der Waals surface area (Å²) < 4.78 is 0. The van der Waals surface area contributed by atoms with Crippen LogP contribution in [-0.4, -0.2) is 17.7 Å². The summed E-state index contributed by atoms with van der Waals surface area (Å²) in [5.74, 6) is 0. The van der Waals surface area contributed by atoms with Gasteiger partial charge in [-0.15, -0.1) is 0 Å². The molecule has 1 aliphatic rings. The molecular weight excluding hydrogens is 234 g/mol. The Bertz CT molecular complexity index is 396. The Kier molecular flexibility index (Phi) is 5.00. The number of aliphatic hydroxyl groups excluding tert-OH is 1. The molecule has 2 N–H and O–H groups in total. The summed E-state index contributed by atoms with van der Waals surface area (Å²) in [6.45, 7) is 7.61. The van der Waals surface area contributed by atoms with E-state index in [0.717, 1.165) is 32.2 Å². The molecule has 1 heterocycles. The van der Waals surface area contributed by atoms with Gasteiger partial charge in [0.1, 0.15) is 0 Å². The molecule has 0 spiro atoms. The first-order valence-electron chi connectivity index (χ1n) is 7.77. The molecule has 0 bridgehead atoms. The topological polar surface area (TPSA) is 32.3 Å². The van der Waals surface area contributed by atoms with E-state index >= 15 is 0 Å². The van der Waals surface area contributed by atoms with Gasteiger partial charge in [-0.2, -0.15) is 0 Å². The number of aliphatic hydroxyl groups is 1. The van der Waals surface area contributed by atoms with Crippen molar-refractivity contribution in [2.24, 2.45) is 0 Å². The van der Waals surface area contributed by atoms with Gasteiger partial charge in [-0.05, 0) is 60.9 Å². The van der Waals surface area contributed by atoms with E-state index < -0.39 is 0 Å². The molecule has 1 aromatic carbocycles. The highest BCUT2D eigenvalue weighted by molar-refractivity contribution is 5.42. The van der Waals surface area contributed by atoms with E-state index in [1.165, 1.54) is 28.7 Å². The third kappa shape index (κ3) is 3.01. The van der Waals surface area contributed by atoms with Crippen molar-refractivity contribution in [2.45, 2.75) is 65.0 Å². The Labute approximate surface area is 117 Å². The summed E-state index contributed by atoms with van der Waals surface area (Å²) in [5.41, 5.74) is 5.25. The summed E-state index contributed by atoms with van der Waals surface area (Å²) in [4.78, 5) is 0. The van der Waals surface area contributed by atoms with Gasteiger partial charge in [0.15, 0.2) is 0 Å². The molecule has 0 aliphatic carbocycles. The fourth-order valence-electron chi connectivity index (χ4n) is 3.20. The molecule has 1 saturated heterocycles. The number of nitrogens with one attached hydrogen (secondary N) is 1. The van der Waals surface area contributed by atoms with E-state index in [1.807, 2.05) is 0 Å². The summed E-state index contributed by atoms with van der Waals surface area (Å²) in [6, 6.07) is 4.81. The fourth-order valence-corrected chi connectivity index (χ4v) is 3.20. The molecule has 1 aliphatic heterocycles. The minimum atomic E-state index is -0.349. The molecule has 1 aromatic rings. The molecule has 1 fully saturated rings. The van der Waals surface area contributed by atoms with Crippen LogP contribution in [-0.2, 0) is 19.3 Å². The maximum absolute atomic E-state index is 10.7. The van der Waals surface area contributed by atoms with E-state index in [1.54, 1.807) is 0 Å². The first kappa shape index (κ1) is 14.5. The molecule has 106 valence electrons. The first-order valence-corrected chi connectivity index (χ1v) is 7.77. The predicted octanol–water partition coefficient (Wildman–Crippen LogP) is 3.16. The monoisotopic (exact) mass is 261 g/mol. The molecule has 0 saturated carbocycles. The Morgan fingerprint density at radius 2 is 1.79 bits per heavy atom. The van der Waals surface area contributed by atoms with Gasteiger partial charge in [0.25, 0.3) is 0 Å². The number of aryl methyl sites for hydroxylation is 3. The van der Waals surface area contributed by atoms with Crippen LogP contribution in [0, 0.1) is 0 Å². The Balaban J connectivity index is 2.40. The van der Waals surface area contributed by atoms with Crippen molar-refractivity contribution in [3.63, 3.8) is 0 Å². The van der Waals surface area contributed by atoms with Crippen LogP contribution in [0.2, 0.25) is 0 Å². The van der Waals surface area contributed by atoms with Crippen molar-refractivity contribution in [1.29, 1.82) is 0 Å². The molecule has 0 amide bonds. The average Bonchev–Trinajstić information content (AvgIpc) is 2.99. The SMILES string of the molecule is CCc1cc(CC)c(C(O)C2CCCN2)c(CC)c1. The van der Waals surface area contributed by atoms with Crippen LogP contribution in [0.25, 0.3) is 0 Å². The van der Waals surface area contributed by atoms with Crippen LogP contribution < -0.4 is 5.32 Å². The van der Waals surface area contributed by atoms with Gasteiger partial charge in [0, 0.05) is 6.04 Å². The Hall–Kier alpha value is -0.860. The zero-order valence-corrected chi connectivity index (χ0v) is 12.5. The third-order valence-corrected chi connectivity index (χ3v) is 4.36. The first-order chi connectivity index (χ1) is 9.21. The van der Waals surface area contributed by atoms with Gasteiger partial charge in [-0.25, -0.2) is 0 Å². The largest absolute Gasteiger partial charge is 0.387 e. The van der Waals surface area contributed by atoms with E-state index in [0.29, 0.717) is 0 Å². The molecule has 19 heavy (non-hydrogen) atoms. The van der Waals surface area contributed by atoms with Crippen LogP contribution in [0.15, 0.2) is 12.1 Å². The number of hydrogen-bond donors (Lipinski definition) is 2. The molecule has 0 aromatic heterocycles. The molecule has 2 heteroatoms. The van der Waals surface area contributed by atoms with Crippen LogP contribution in [0.5, 0.6) is 0 Å². The second kappa shape index (κ2) is 6.53. The summed E-state index contributed by atoms with van der Waals surface area (Å²) in [7, 11) is 0. The van der Waals surface area contributed by atoms with E-state index in [-0.39, 0.29) is 12.1 Å². The number of hydrogen-bond acceptors (Lipinski definition) is 2. The van der Waals surface area contributed by atoms with Crippen molar-refractivity contribution in [2.75, 3.05) is 6.54 Å². The van der Waals surface area contributed by atoms with Crippen LogP contribution in [0.3, 0.4) is 0 Å². The lowest BCUT2D eigenvalue weighted by atomic mass is 9.87. The van der Waals surface area contributed by atoms with Gasteiger partial charge < -0.3 is 10.4 Å². The minimum Gasteiger partial charge on any atom is -0.387 e. The highest BCUT2D eigenvalue weighted by atomic mass is 16.3. The predicted molar refractivity (Wildman–Crippen MR) is 80.6 cm³/mol. The lowest BCUT2D eigenvalue weighted by molar-refractivity contribution is 0.135. The second-order valence-corrected chi connectivity index (χ2v) is 5.54. The van der Waals surface area contributed by atoms with E-state index in [9.17, 15) is 5.11 Å². The van der Waals surface area contributed by atoms with Gasteiger partial charge in [0.05, 0.1) is 6.10 Å². The standard InChI is InChI=1S/C17H27NO/c1-4-12-10-13(5-2)16(14(6-3)11-12)17(19)15-8-7-9-18-15/h10-11,15,17-19H,4-9H2,1-3H3. The highest BCUT2D eigenvalue weighted by Crippen LogP contribution is 2.30. The highest BCUT2D eigenvalue weighted by Gasteiger charge is 2.27. The maximum atomic E-state index is 10.7. The molecular formula is C17H27NO. The van der Waals surface area contributed by atoms with Crippen molar-refractivity contribution in [1.82, 2.24) is 5.32 Å². The van der Waals surface area contributed by atoms with Crippen molar-refractivity contribution in [3.8, 4) is 0 Å². The smallest absolute Gasteiger partial charge is 0.0948 e. The Morgan fingerprint density at radius 3 is 2.21 bits per heavy atom. The molecule has 0 radical (unpaired) electrons. The third-order valence-electron chi connectivity index (χ3n) is 4.36. The summed E-state index contributed by atoms with van der Waals surface area (Å²) in [5, 5.41) is 14.2. The van der Waals surface area contributed by atoms with Gasteiger partial charge in [-0.1, -0.05) is 32.9 Å². The van der Waals surface area contributed by atoms with E-state index in [2.05, 4.69) is 38.2 Å². The van der Waals surface area contributed by atoms with Crippen molar-refractivity contribution in [3.05, 3.63) is 34.4 Å². The molecule has 2 unspecified atom stereocenters. The van der Waals surface area contributed by atoms with Crippen LogP contribution in [0.1, 0.15) is 62.0 Å². The Morgan fingerprint density at radius 1 is 1.16 bits per heavy atom. The maximum Gasteiger partial charge on any atom is 0.0948 e. The molecule has 2 nitrogen and oxygen atoms in total. The van der Waals surface area contributed by atoms with Crippen molar-refractivity contribution < 1.29 is 5.11 Å². The molecule has 2 atom stereocenters. The zero-order valence-electron chi connectivity index (χ0n) is 12.5. The molecule has 2 rings (SSSR count). The van der Waals surface area contributed by atoms with E-state index in [4.69, 9.17) is 0 Å². The average molecular weight is 261 g/mol.